The molecule has 3 aromatic heterocycles. The van der Waals surface area contributed by atoms with Gasteiger partial charge in [0.05, 0.1) is 11.1 Å². The van der Waals surface area contributed by atoms with Crippen molar-refractivity contribution in [3.63, 3.8) is 0 Å². The highest BCUT2D eigenvalue weighted by Crippen LogP contribution is 2.37. The van der Waals surface area contributed by atoms with Gasteiger partial charge in [-0.2, -0.15) is 9.61 Å². The first kappa shape index (κ1) is 18.8. The van der Waals surface area contributed by atoms with Crippen LogP contribution in [0.4, 0.5) is 0 Å². The molecule has 0 saturated carbocycles. The molecule has 6 rings (SSSR count). The van der Waals surface area contributed by atoms with Crippen LogP contribution < -0.4 is 5.56 Å². The summed E-state index contributed by atoms with van der Waals surface area (Å²) in [6, 6.07) is 20.0. The molecule has 0 unspecified atom stereocenters. The second-order valence-electron chi connectivity index (χ2n) is 8.31. The van der Waals surface area contributed by atoms with Crippen LogP contribution in [0, 0.1) is 6.92 Å². The predicted octanol–water partition coefficient (Wildman–Crippen LogP) is 5.78. The zero-order chi connectivity index (χ0) is 21.7. The molecular formula is C27H22N4O. The molecule has 0 radical (unpaired) electrons. The zero-order valence-corrected chi connectivity index (χ0v) is 17.8. The number of aromatic amines is 1. The van der Waals surface area contributed by atoms with Crippen LogP contribution in [-0.2, 0) is 0 Å². The molecular weight excluding hydrogens is 396 g/mol. The van der Waals surface area contributed by atoms with Gasteiger partial charge in [-0.1, -0.05) is 48.5 Å². The number of hydrogen-bond donors (Lipinski definition) is 1. The summed E-state index contributed by atoms with van der Waals surface area (Å²) in [6.45, 7) is 1.96. The van der Waals surface area contributed by atoms with Crippen LogP contribution in [0.1, 0.15) is 30.5 Å². The second-order valence-corrected chi connectivity index (χ2v) is 8.31. The van der Waals surface area contributed by atoms with Crippen LogP contribution in [0.25, 0.3) is 44.5 Å². The fourth-order valence-electron chi connectivity index (χ4n) is 4.76. The quantitative estimate of drug-likeness (QED) is 0.404. The number of fused-ring (bicyclic) bond motifs is 2. The number of allylic oxidation sites excluding steroid dienone is 2. The average molecular weight is 419 g/mol. The Kier molecular flexibility index (Phi) is 4.28. The Hall–Kier alpha value is -3.99. The van der Waals surface area contributed by atoms with Crippen LogP contribution in [0.2, 0.25) is 0 Å². The van der Waals surface area contributed by atoms with Gasteiger partial charge in [0, 0.05) is 28.4 Å². The maximum Gasteiger partial charge on any atom is 0.282 e. The Morgan fingerprint density at radius 2 is 1.84 bits per heavy atom. The summed E-state index contributed by atoms with van der Waals surface area (Å²) >= 11 is 0. The van der Waals surface area contributed by atoms with Gasteiger partial charge in [0.25, 0.3) is 5.56 Å². The number of aryl methyl sites for hydroxylation is 1. The number of pyridine rings is 1. The van der Waals surface area contributed by atoms with E-state index in [0.29, 0.717) is 5.56 Å². The molecule has 0 aliphatic heterocycles. The largest absolute Gasteiger partial charge is 0.343 e. The maximum absolute atomic E-state index is 13.7. The van der Waals surface area contributed by atoms with Gasteiger partial charge in [0.15, 0.2) is 0 Å². The monoisotopic (exact) mass is 418 g/mol. The first-order valence-corrected chi connectivity index (χ1v) is 11.0. The van der Waals surface area contributed by atoms with Gasteiger partial charge in [-0.05, 0) is 55.5 Å². The van der Waals surface area contributed by atoms with Crippen molar-refractivity contribution in [2.24, 2.45) is 0 Å². The van der Waals surface area contributed by atoms with Gasteiger partial charge in [-0.25, -0.2) is 0 Å². The Balaban J connectivity index is 1.64. The molecule has 5 aromatic rings. The standard InChI is InChI=1S/C27H22N4O/c1-17-23(21-13-14-22-20(16-21)12-7-15-28-22)27(32)31-26(29-17)24(18-8-5-6-9-18)25(30-31)19-10-3-2-4-11-19/h2-4,7-8,10-16,29H,5-6,9H2,1H3. The van der Waals surface area contributed by atoms with E-state index in [1.54, 1.807) is 10.7 Å². The normalized spacial score (nSPS) is 13.7. The molecule has 32 heavy (non-hydrogen) atoms. The van der Waals surface area contributed by atoms with Gasteiger partial charge in [-0.15, -0.1) is 0 Å². The molecule has 2 aromatic carbocycles. The summed E-state index contributed by atoms with van der Waals surface area (Å²) < 4.78 is 1.55. The smallest absolute Gasteiger partial charge is 0.282 e. The van der Waals surface area contributed by atoms with Crippen LogP contribution in [0.5, 0.6) is 0 Å². The van der Waals surface area contributed by atoms with E-state index >= 15 is 0 Å². The fourth-order valence-corrected chi connectivity index (χ4v) is 4.76. The third-order valence-corrected chi connectivity index (χ3v) is 6.27. The number of hydrogen-bond acceptors (Lipinski definition) is 3. The zero-order valence-electron chi connectivity index (χ0n) is 17.8. The van der Waals surface area contributed by atoms with E-state index in [1.807, 2.05) is 55.5 Å². The number of rotatable bonds is 3. The van der Waals surface area contributed by atoms with Gasteiger partial charge < -0.3 is 4.98 Å². The van der Waals surface area contributed by atoms with Crippen LogP contribution in [-0.4, -0.2) is 19.6 Å². The molecule has 1 aliphatic rings. The molecule has 0 saturated heterocycles. The Morgan fingerprint density at radius 1 is 0.969 bits per heavy atom. The van der Waals surface area contributed by atoms with Gasteiger partial charge in [0.2, 0.25) is 0 Å². The first-order chi connectivity index (χ1) is 15.7. The van der Waals surface area contributed by atoms with Crippen molar-refractivity contribution in [3.05, 3.63) is 94.5 Å². The van der Waals surface area contributed by atoms with E-state index in [4.69, 9.17) is 5.10 Å². The lowest BCUT2D eigenvalue weighted by atomic mass is 10.00. The summed E-state index contributed by atoms with van der Waals surface area (Å²) in [5.41, 5.74) is 8.09. The number of aromatic nitrogens is 4. The molecule has 3 heterocycles. The lowest BCUT2D eigenvalue weighted by molar-refractivity contribution is 0.896. The van der Waals surface area contributed by atoms with Gasteiger partial charge in [0.1, 0.15) is 11.3 Å². The summed E-state index contributed by atoms with van der Waals surface area (Å²) in [7, 11) is 0. The molecule has 5 heteroatoms. The SMILES string of the molecule is Cc1[nH]c2c(C3=CCCC3)c(-c3ccccc3)nn2c(=O)c1-c1ccc2ncccc2c1. The highest BCUT2D eigenvalue weighted by atomic mass is 16.1. The topological polar surface area (TPSA) is 63.1 Å². The van der Waals surface area contributed by atoms with Crippen LogP contribution in [0.3, 0.4) is 0 Å². The molecule has 0 bridgehead atoms. The van der Waals surface area contributed by atoms with Crippen molar-refractivity contribution in [2.75, 3.05) is 0 Å². The molecule has 0 amide bonds. The Bertz CT molecular complexity index is 1570. The lowest BCUT2D eigenvalue weighted by Crippen LogP contribution is -2.19. The van der Waals surface area contributed by atoms with Gasteiger partial charge in [-0.3, -0.25) is 9.78 Å². The number of nitrogens with one attached hydrogen (secondary N) is 1. The number of H-pyrrole nitrogens is 1. The summed E-state index contributed by atoms with van der Waals surface area (Å²) in [5, 5.41) is 5.84. The minimum atomic E-state index is -0.110. The first-order valence-electron chi connectivity index (χ1n) is 11.0. The molecule has 1 N–H and O–H groups in total. The van der Waals surface area contributed by atoms with Crippen molar-refractivity contribution in [2.45, 2.75) is 26.2 Å². The molecule has 0 spiro atoms. The minimum absolute atomic E-state index is 0.110. The molecule has 156 valence electrons. The van der Waals surface area contributed by atoms with Crippen molar-refractivity contribution in [1.82, 2.24) is 19.6 Å². The minimum Gasteiger partial charge on any atom is -0.343 e. The van der Waals surface area contributed by atoms with Crippen molar-refractivity contribution < 1.29 is 0 Å². The number of benzene rings is 2. The van der Waals surface area contributed by atoms with E-state index in [2.05, 4.69) is 28.2 Å². The average Bonchev–Trinajstić information content (AvgIpc) is 3.47. The van der Waals surface area contributed by atoms with E-state index in [9.17, 15) is 4.79 Å². The van der Waals surface area contributed by atoms with E-state index in [1.165, 1.54) is 5.57 Å². The second kappa shape index (κ2) is 7.31. The van der Waals surface area contributed by atoms with Gasteiger partial charge >= 0.3 is 0 Å². The van der Waals surface area contributed by atoms with Crippen molar-refractivity contribution >= 4 is 22.1 Å². The van der Waals surface area contributed by atoms with Crippen LogP contribution in [0.15, 0.2) is 77.7 Å². The summed E-state index contributed by atoms with van der Waals surface area (Å²) in [6.07, 6.45) is 7.25. The lowest BCUT2D eigenvalue weighted by Gasteiger charge is -2.09. The predicted molar refractivity (Wildman–Crippen MR) is 129 cm³/mol. The summed E-state index contributed by atoms with van der Waals surface area (Å²) in [5.74, 6) is 0. The molecule has 5 nitrogen and oxygen atoms in total. The molecule has 0 atom stereocenters. The fraction of sp³-hybridized carbons (Fsp3) is 0.148. The van der Waals surface area contributed by atoms with E-state index in [0.717, 1.165) is 63.9 Å². The van der Waals surface area contributed by atoms with E-state index < -0.39 is 0 Å². The van der Waals surface area contributed by atoms with Crippen molar-refractivity contribution in [3.8, 4) is 22.4 Å². The Morgan fingerprint density at radius 3 is 2.66 bits per heavy atom. The van der Waals surface area contributed by atoms with E-state index in [-0.39, 0.29) is 5.56 Å². The third kappa shape index (κ3) is 2.89. The van der Waals surface area contributed by atoms with Crippen LogP contribution >= 0.6 is 0 Å². The third-order valence-electron chi connectivity index (χ3n) is 6.27. The molecule has 0 fully saturated rings. The molecule has 1 aliphatic carbocycles. The summed E-state index contributed by atoms with van der Waals surface area (Å²) in [4.78, 5) is 21.7. The maximum atomic E-state index is 13.7. The number of nitrogens with zero attached hydrogens (tertiary/aromatic N) is 3. The van der Waals surface area contributed by atoms with Crippen molar-refractivity contribution in [1.29, 1.82) is 0 Å². The highest BCUT2D eigenvalue weighted by Gasteiger charge is 2.23. The Labute approximate surface area is 185 Å². The highest BCUT2D eigenvalue weighted by molar-refractivity contribution is 5.89.